The molecule has 0 radical (unpaired) electrons. The Morgan fingerprint density at radius 1 is 0.842 bits per heavy atom. The monoisotopic (exact) mass is 536 g/mol. The Balaban J connectivity index is 2.09. The average Bonchev–Trinajstić information content (AvgIpc) is 3.56. The van der Waals surface area contributed by atoms with Crippen LogP contribution in [0.3, 0.4) is 0 Å². The lowest BCUT2D eigenvalue weighted by atomic mass is 10.2. The number of aromatic amines is 2. The minimum absolute atomic E-state index is 0.0792. The first-order valence-electron chi connectivity index (χ1n) is 11.5. The third-order valence-corrected chi connectivity index (χ3v) is 7.13. The molecule has 3 aromatic heterocycles. The summed E-state index contributed by atoms with van der Waals surface area (Å²) in [4.78, 5) is 28.3. The van der Waals surface area contributed by atoms with E-state index in [1.165, 1.54) is 18.2 Å². The third-order valence-electron chi connectivity index (χ3n) is 6.18. The standard InChI is InChI=1S/C25H25N7O5S/c1-30(2)22-14-6-10-18(26-14)24(32(3,4)5)19-11-7-16(27-19)23(31(33)34)17-9-13-21(29-17)25(38(35,36)37)20-12-8-15(22)28-20/h6-13,26,28H,1-5H3/p+1. The first kappa shape index (κ1) is 25.3. The number of aromatic nitrogens is 4. The van der Waals surface area contributed by atoms with Crippen molar-refractivity contribution >= 4 is 73.6 Å². The Morgan fingerprint density at radius 3 is 1.84 bits per heavy atom. The predicted octanol–water partition coefficient (Wildman–Crippen LogP) is 4.07. The number of fused-ring (bicyclic) bond motifs is 8. The second kappa shape index (κ2) is 8.62. The fourth-order valence-corrected chi connectivity index (χ4v) is 5.56. The average molecular weight is 537 g/mol. The van der Waals surface area contributed by atoms with Gasteiger partial charge in [0, 0.05) is 14.1 Å². The summed E-state index contributed by atoms with van der Waals surface area (Å²) >= 11 is 0. The van der Waals surface area contributed by atoms with Gasteiger partial charge < -0.3 is 14.9 Å². The van der Waals surface area contributed by atoms with Crippen LogP contribution in [0.2, 0.25) is 0 Å². The van der Waals surface area contributed by atoms with E-state index in [0.29, 0.717) is 15.7 Å². The topological polar surface area (TPSA) is 158 Å². The molecule has 0 amide bonds. The minimum atomic E-state index is -4.77. The van der Waals surface area contributed by atoms with E-state index in [0.717, 1.165) is 22.4 Å². The van der Waals surface area contributed by atoms with Crippen molar-refractivity contribution < 1.29 is 17.9 Å². The quantitative estimate of drug-likeness (QED) is 0.134. The molecular formula is C25H26N7O5S+. The predicted molar refractivity (Wildman–Crippen MR) is 149 cm³/mol. The smallest absolute Gasteiger partial charge is 0.320 e. The molecule has 3 aromatic rings. The number of nitrogens with zero attached hydrogens (tertiary/aromatic N) is 5. The van der Waals surface area contributed by atoms with Gasteiger partial charge in [0.25, 0.3) is 10.1 Å². The lowest BCUT2D eigenvalue weighted by Gasteiger charge is -2.24. The number of rotatable bonds is 4. The summed E-state index contributed by atoms with van der Waals surface area (Å²) in [5, 5.41) is 12.1. The van der Waals surface area contributed by atoms with E-state index in [2.05, 4.69) is 19.9 Å². The van der Waals surface area contributed by atoms with Crippen molar-refractivity contribution in [3.05, 3.63) is 57.2 Å². The van der Waals surface area contributed by atoms with Gasteiger partial charge in [-0.25, -0.2) is 9.97 Å². The molecule has 196 valence electrons. The first-order chi connectivity index (χ1) is 17.8. The summed E-state index contributed by atoms with van der Waals surface area (Å²) in [6, 6.07) is 7.02. The Bertz CT molecular complexity index is 1840. The molecule has 0 unspecified atom stereocenters. The lowest BCUT2D eigenvalue weighted by Crippen LogP contribution is -2.35. The van der Waals surface area contributed by atoms with Gasteiger partial charge >= 0.3 is 5.69 Å². The molecule has 0 saturated carbocycles. The molecule has 2 aliphatic heterocycles. The van der Waals surface area contributed by atoms with E-state index in [9.17, 15) is 23.1 Å². The number of hydrogen-bond acceptors (Lipinski definition) is 7. The molecule has 0 fully saturated rings. The van der Waals surface area contributed by atoms with Gasteiger partial charge in [-0.3, -0.25) is 19.2 Å². The zero-order chi connectivity index (χ0) is 27.6. The van der Waals surface area contributed by atoms with E-state index in [-0.39, 0.29) is 28.3 Å². The molecule has 5 heterocycles. The van der Waals surface area contributed by atoms with E-state index < -0.39 is 19.9 Å². The zero-order valence-corrected chi connectivity index (χ0v) is 22.2. The van der Waals surface area contributed by atoms with Crippen LogP contribution in [0, 0.1) is 10.1 Å². The van der Waals surface area contributed by atoms with Crippen molar-refractivity contribution in [1.82, 2.24) is 24.4 Å². The van der Waals surface area contributed by atoms with Gasteiger partial charge in [0.2, 0.25) is 0 Å². The highest BCUT2D eigenvalue weighted by atomic mass is 32.2. The van der Waals surface area contributed by atoms with Crippen LogP contribution in [-0.4, -0.2) is 73.1 Å². The van der Waals surface area contributed by atoms with Crippen molar-refractivity contribution in [2.45, 2.75) is 4.90 Å². The summed E-state index contributed by atoms with van der Waals surface area (Å²) < 4.78 is 35.4. The molecule has 8 bridgehead atoms. The molecule has 0 aliphatic carbocycles. The Kier molecular flexibility index (Phi) is 5.74. The molecule has 2 aliphatic rings. The van der Waals surface area contributed by atoms with Crippen LogP contribution in [0.5, 0.6) is 0 Å². The SMILES string of the molecule is CN(C)c1c2ccc([nH]2)c([N+](C)(C)C)c2nc(c([N+](=O)[O-])c3nc(c(S(=O)(=O)O)c4ccc1[nH]4)C=C3)C=C2. The maximum absolute atomic E-state index is 12.5. The lowest BCUT2D eigenvalue weighted by molar-refractivity contribution is -0.385. The Labute approximate surface area is 218 Å². The van der Waals surface area contributed by atoms with Crippen LogP contribution >= 0.6 is 0 Å². The number of quaternary nitrogens is 1. The van der Waals surface area contributed by atoms with Gasteiger partial charge in [0.1, 0.15) is 27.5 Å². The molecule has 0 spiro atoms. The highest BCUT2D eigenvalue weighted by Crippen LogP contribution is 2.35. The molecular weight excluding hydrogens is 510 g/mol. The third kappa shape index (κ3) is 4.26. The van der Waals surface area contributed by atoms with Gasteiger partial charge in [0.05, 0.1) is 54.0 Å². The highest BCUT2D eigenvalue weighted by molar-refractivity contribution is 7.86. The Morgan fingerprint density at radius 2 is 1.32 bits per heavy atom. The fourth-order valence-electron chi connectivity index (χ4n) is 4.78. The number of hydrogen-bond donors (Lipinski definition) is 3. The number of anilines is 1. The second-order valence-corrected chi connectivity index (χ2v) is 11.4. The van der Waals surface area contributed by atoms with Crippen LogP contribution < -0.4 is 9.38 Å². The molecule has 0 aromatic carbocycles. The van der Waals surface area contributed by atoms with Gasteiger partial charge in [0.15, 0.2) is 5.69 Å². The largest absolute Gasteiger partial charge is 0.374 e. The first-order valence-corrected chi connectivity index (χ1v) is 13.0. The van der Waals surface area contributed by atoms with Gasteiger partial charge in [-0.05, 0) is 48.6 Å². The van der Waals surface area contributed by atoms with Gasteiger partial charge in [-0.2, -0.15) is 8.42 Å². The summed E-state index contributed by atoms with van der Waals surface area (Å²) in [7, 11) is 4.88. The van der Waals surface area contributed by atoms with E-state index >= 15 is 0 Å². The number of H-pyrrole nitrogens is 2. The van der Waals surface area contributed by atoms with Crippen molar-refractivity contribution in [1.29, 1.82) is 0 Å². The molecule has 3 N–H and O–H groups in total. The zero-order valence-electron chi connectivity index (χ0n) is 21.3. The van der Waals surface area contributed by atoms with Crippen molar-refractivity contribution in [2.24, 2.45) is 0 Å². The summed E-state index contributed by atoms with van der Waals surface area (Å²) in [5.74, 6) is 0. The van der Waals surface area contributed by atoms with Crippen molar-refractivity contribution in [2.75, 3.05) is 40.1 Å². The Hall–Kier alpha value is -4.33. The van der Waals surface area contributed by atoms with Crippen LogP contribution in [-0.2, 0) is 10.1 Å². The van der Waals surface area contributed by atoms with E-state index in [4.69, 9.17) is 0 Å². The molecule has 38 heavy (non-hydrogen) atoms. The van der Waals surface area contributed by atoms with Gasteiger partial charge in [-0.15, -0.1) is 0 Å². The minimum Gasteiger partial charge on any atom is -0.374 e. The maximum atomic E-state index is 12.5. The summed E-state index contributed by atoms with van der Waals surface area (Å²) in [5.41, 5.74) is 3.73. The molecule has 5 rings (SSSR count). The second-order valence-electron chi connectivity index (χ2n) is 10.0. The molecule has 13 heteroatoms. The highest BCUT2D eigenvalue weighted by Gasteiger charge is 2.28. The summed E-state index contributed by atoms with van der Waals surface area (Å²) in [6.45, 7) is 0. The fraction of sp³-hybridized carbons (Fsp3) is 0.200. The number of nitrogens with one attached hydrogen (secondary N) is 2. The van der Waals surface area contributed by atoms with Crippen LogP contribution in [0.25, 0.3) is 46.4 Å². The van der Waals surface area contributed by atoms with Crippen LogP contribution in [0.1, 0.15) is 22.8 Å². The van der Waals surface area contributed by atoms with Crippen molar-refractivity contribution in [3.8, 4) is 0 Å². The maximum Gasteiger partial charge on any atom is 0.320 e. The molecule has 12 nitrogen and oxygen atoms in total. The van der Waals surface area contributed by atoms with Crippen molar-refractivity contribution in [3.63, 3.8) is 0 Å². The number of nitro groups is 1. The van der Waals surface area contributed by atoms with Gasteiger partial charge in [-0.1, -0.05) is 0 Å². The van der Waals surface area contributed by atoms with Crippen LogP contribution in [0.4, 0.5) is 17.1 Å². The normalized spacial score (nSPS) is 13.2. The van der Waals surface area contributed by atoms with Crippen LogP contribution in [0.15, 0.2) is 29.2 Å². The summed E-state index contributed by atoms with van der Waals surface area (Å²) in [6.07, 6.45) is 5.92. The molecule has 0 saturated heterocycles. The van der Waals surface area contributed by atoms with E-state index in [1.54, 1.807) is 18.2 Å². The van der Waals surface area contributed by atoms with E-state index in [1.807, 2.05) is 52.3 Å². The molecule has 0 atom stereocenters.